The highest BCUT2D eigenvalue weighted by Crippen LogP contribution is 2.34. The number of hydrogen-bond donors (Lipinski definition) is 0. The number of ketones is 1. The van der Waals surface area contributed by atoms with Gasteiger partial charge in [-0.3, -0.25) is 4.79 Å². The molecule has 0 spiro atoms. The van der Waals surface area contributed by atoms with Crippen molar-refractivity contribution in [3.05, 3.63) is 23.0 Å². The SMILES string of the molecule is C=CS/C(=C\C)C(=O)C1CCCCC1C. The highest BCUT2D eigenvalue weighted by molar-refractivity contribution is 8.06. The molecular formula is C13H20OS. The third-order valence-electron chi connectivity index (χ3n) is 3.16. The minimum Gasteiger partial charge on any atom is -0.293 e. The summed E-state index contributed by atoms with van der Waals surface area (Å²) in [4.78, 5) is 13.1. The van der Waals surface area contributed by atoms with E-state index in [0.717, 1.165) is 11.3 Å². The number of hydrogen-bond acceptors (Lipinski definition) is 2. The van der Waals surface area contributed by atoms with E-state index < -0.39 is 0 Å². The molecule has 2 heteroatoms. The Morgan fingerprint density at radius 1 is 1.40 bits per heavy atom. The van der Waals surface area contributed by atoms with Crippen molar-refractivity contribution in [3.63, 3.8) is 0 Å². The molecule has 0 radical (unpaired) electrons. The molecule has 0 N–H and O–H groups in total. The number of carbonyl (C=O) groups is 1. The molecule has 1 fully saturated rings. The molecule has 0 aromatic carbocycles. The van der Waals surface area contributed by atoms with Gasteiger partial charge < -0.3 is 0 Å². The van der Waals surface area contributed by atoms with E-state index in [1.165, 1.54) is 31.0 Å². The average molecular weight is 224 g/mol. The second-order valence-electron chi connectivity index (χ2n) is 4.17. The van der Waals surface area contributed by atoms with Gasteiger partial charge in [0.15, 0.2) is 5.78 Å². The van der Waals surface area contributed by atoms with Crippen molar-refractivity contribution in [2.45, 2.75) is 39.5 Å². The van der Waals surface area contributed by atoms with Crippen LogP contribution < -0.4 is 0 Å². The van der Waals surface area contributed by atoms with Gasteiger partial charge in [-0.05, 0) is 24.7 Å². The van der Waals surface area contributed by atoms with Crippen molar-refractivity contribution in [1.82, 2.24) is 0 Å². The third kappa shape index (κ3) is 3.23. The van der Waals surface area contributed by atoms with E-state index in [9.17, 15) is 4.79 Å². The van der Waals surface area contributed by atoms with Gasteiger partial charge in [-0.1, -0.05) is 50.6 Å². The van der Waals surface area contributed by atoms with E-state index in [4.69, 9.17) is 0 Å². The van der Waals surface area contributed by atoms with Crippen LogP contribution in [0.2, 0.25) is 0 Å². The molecule has 0 aromatic rings. The summed E-state index contributed by atoms with van der Waals surface area (Å²) < 4.78 is 0. The molecule has 1 aliphatic rings. The zero-order chi connectivity index (χ0) is 11.3. The van der Waals surface area contributed by atoms with Gasteiger partial charge in [0, 0.05) is 5.92 Å². The minimum atomic E-state index is 0.248. The van der Waals surface area contributed by atoms with Crippen molar-refractivity contribution >= 4 is 17.5 Å². The maximum absolute atomic E-state index is 12.2. The topological polar surface area (TPSA) is 17.1 Å². The maximum atomic E-state index is 12.2. The largest absolute Gasteiger partial charge is 0.293 e. The van der Waals surface area contributed by atoms with E-state index in [0.29, 0.717) is 11.7 Å². The van der Waals surface area contributed by atoms with Crippen LogP contribution in [0.1, 0.15) is 39.5 Å². The predicted octanol–water partition coefficient (Wildman–Crippen LogP) is 4.16. The molecule has 1 nitrogen and oxygen atoms in total. The fraction of sp³-hybridized carbons (Fsp3) is 0.615. The second kappa shape index (κ2) is 6.16. The molecule has 84 valence electrons. The van der Waals surface area contributed by atoms with Gasteiger partial charge in [0.05, 0.1) is 4.91 Å². The molecular weight excluding hydrogens is 204 g/mol. The standard InChI is InChI=1S/C13H20OS/c1-4-12(15-5-2)13(14)11-9-7-6-8-10(11)3/h4-5,10-11H,2,6-9H2,1,3H3/b12-4-. The van der Waals surface area contributed by atoms with Gasteiger partial charge in [-0.25, -0.2) is 0 Å². The van der Waals surface area contributed by atoms with Gasteiger partial charge in [0.2, 0.25) is 0 Å². The summed E-state index contributed by atoms with van der Waals surface area (Å²) in [5.74, 6) is 1.12. The summed E-state index contributed by atoms with van der Waals surface area (Å²) in [5, 5.41) is 1.74. The zero-order valence-corrected chi connectivity index (χ0v) is 10.5. The van der Waals surface area contributed by atoms with Crippen LogP contribution in [0.15, 0.2) is 23.0 Å². The van der Waals surface area contributed by atoms with E-state index in [1.807, 2.05) is 13.0 Å². The third-order valence-corrected chi connectivity index (χ3v) is 4.02. The van der Waals surface area contributed by atoms with Crippen LogP contribution in [-0.2, 0) is 4.79 Å². The molecule has 2 unspecified atom stereocenters. The Balaban J connectivity index is 2.68. The molecule has 0 amide bonds. The molecule has 0 bridgehead atoms. The summed E-state index contributed by atoms with van der Waals surface area (Å²) >= 11 is 1.46. The molecule has 1 aliphatic carbocycles. The van der Waals surface area contributed by atoms with Crippen molar-refractivity contribution in [3.8, 4) is 0 Å². The Morgan fingerprint density at radius 3 is 2.60 bits per heavy atom. The monoisotopic (exact) mass is 224 g/mol. The van der Waals surface area contributed by atoms with Crippen LogP contribution in [0.3, 0.4) is 0 Å². The highest BCUT2D eigenvalue weighted by Gasteiger charge is 2.29. The molecule has 1 rings (SSSR count). The Hall–Kier alpha value is -0.500. The van der Waals surface area contributed by atoms with Crippen LogP contribution in [-0.4, -0.2) is 5.78 Å². The van der Waals surface area contributed by atoms with Crippen LogP contribution in [0.4, 0.5) is 0 Å². The van der Waals surface area contributed by atoms with Gasteiger partial charge >= 0.3 is 0 Å². The fourth-order valence-corrected chi connectivity index (χ4v) is 2.83. The molecule has 2 atom stereocenters. The summed E-state index contributed by atoms with van der Waals surface area (Å²) in [5.41, 5.74) is 0. The summed E-state index contributed by atoms with van der Waals surface area (Å²) in [7, 11) is 0. The van der Waals surface area contributed by atoms with E-state index in [1.54, 1.807) is 5.41 Å². The number of thioether (sulfide) groups is 1. The minimum absolute atomic E-state index is 0.248. The zero-order valence-electron chi connectivity index (χ0n) is 9.66. The van der Waals surface area contributed by atoms with Crippen LogP contribution in [0.5, 0.6) is 0 Å². The van der Waals surface area contributed by atoms with Crippen molar-refractivity contribution in [2.75, 3.05) is 0 Å². The van der Waals surface area contributed by atoms with Crippen molar-refractivity contribution < 1.29 is 4.79 Å². The molecule has 0 aliphatic heterocycles. The van der Waals surface area contributed by atoms with E-state index in [2.05, 4.69) is 13.5 Å². The molecule has 0 heterocycles. The molecule has 15 heavy (non-hydrogen) atoms. The number of allylic oxidation sites excluding steroid dienone is 2. The van der Waals surface area contributed by atoms with Gasteiger partial charge in [0.25, 0.3) is 0 Å². The molecule has 0 saturated heterocycles. The normalized spacial score (nSPS) is 27.5. The highest BCUT2D eigenvalue weighted by atomic mass is 32.2. The number of Topliss-reactive ketones (excluding diaryl/α,β-unsaturated/α-hetero) is 1. The van der Waals surface area contributed by atoms with Crippen molar-refractivity contribution in [2.24, 2.45) is 11.8 Å². The number of carbonyl (C=O) groups excluding carboxylic acids is 1. The Morgan fingerprint density at radius 2 is 2.07 bits per heavy atom. The van der Waals surface area contributed by atoms with E-state index >= 15 is 0 Å². The first-order chi connectivity index (χ1) is 7.20. The lowest BCUT2D eigenvalue weighted by Crippen LogP contribution is -2.25. The van der Waals surface area contributed by atoms with Crippen molar-refractivity contribution in [1.29, 1.82) is 0 Å². The molecule has 1 saturated carbocycles. The first-order valence-corrected chi connectivity index (χ1v) is 6.56. The van der Waals surface area contributed by atoms with E-state index in [-0.39, 0.29) is 5.92 Å². The van der Waals surface area contributed by atoms with Crippen LogP contribution in [0, 0.1) is 11.8 Å². The Labute approximate surface area is 97.0 Å². The summed E-state index contributed by atoms with van der Waals surface area (Å²) in [6.45, 7) is 7.79. The molecule has 0 aromatic heterocycles. The second-order valence-corrected chi connectivity index (χ2v) is 5.18. The van der Waals surface area contributed by atoms with Crippen LogP contribution >= 0.6 is 11.8 Å². The summed E-state index contributed by atoms with van der Waals surface area (Å²) in [6.07, 6.45) is 6.67. The Kier molecular flexibility index (Phi) is 5.16. The lowest BCUT2D eigenvalue weighted by molar-refractivity contribution is -0.120. The lowest BCUT2D eigenvalue weighted by atomic mass is 9.78. The fourth-order valence-electron chi connectivity index (χ4n) is 2.25. The van der Waals surface area contributed by atoms with Crippen LogP contribution in [0.25, 0.3) is 0 Å². The summed E-state index contributed by atoms with van der Waals surface area (Å²) in [6, 6.07) is 0. The first kappa shape index (κ1) is 12.6. The lowest BCUT2D eigenvalue weighted by Gasteiger charge is -2.27. The van der Waals surface area contributed by atoms with Gasteiger partial charge in [0.1, 0.15) is 0 Å². The quantitative estimate of drug-likeness (QED) is 0.667. The predicted molar refractivity (Wildman–Crippen MR) is 67.7 cm³/mol. The van der Waals surface area contributed by atoms with Gasteiger partial charge in [-0.15, -0.1) is 0 Å². The van der Waals surface area contributed by atoms with Gasteiger partial charge in [-0.2, -0.15) is 0 Å². The first-order valence-electron chi connectivity index (χ1n) is 5.68. The Bertz CT molecular complexity index is 268. The maximum Gasteiger partial charge on any atom is 0.172 e. The smallest absolute Gasteiger partial charge is 0.172 e. The number of rotatable bonds is 4. The average Bonchev–Trinajstić information content (AvgIpc) is 2.25.